The maximum Gasteiger partial charge on any atom is 0.0704 e. The molecule has 0 unspecified atom stereocenters. The van der Waals surface area contributed by atoms with Gasteiger partial charge in [-0.25, -0.2) is 0 Å². The van der Waals surface area contributed by atoms with Crippen LogP contribution in [0, 0.1) is 13.8 Å². The molecule has 0 saturated carbocycles. The second-order valence-electron chi connectivity index (χ2n) is 6.55. The van der Waals surface area contributed by atoms with Gasteiger partial charge >= 0.3 is 0 Å². The fourth-order valence-electron chi connectivity index (χ4n) is 3.59. The van der Waals surface area contributed by atoms with Gasteiger partial charge in [0.25, 0.3) is 0 Å². The lowest BCUT2D eigenvalue weighted by Gasteiger charge is -2.32. The van der Waals surface area contributed by atoms with Gasteiger partial charge in [-0.2, -0.15) is 0 Å². The van der Waals surface area contributed by atoms with Gasteiger partial charge in [0.2, 0.25) is 0 Å². The van der Waals surface area contributed by atoms with Crippen LogP contribution in [-0.4, -0.2) is 36.8 Å². The zero-order valence-corrected chi connectivity index (χ0v) is 14.1. The van der Waals surface area contributed by atoms with Gasteiger partial charge in [0.15, 0.2) is 0 Å². The summed E-state index contributed by atoms with van der Waals surface area (Å²) >= 11 is 0. The van der Waals surface area contributed by atoms with Crippen molar-refractivity contribution in [3.63, 3.8) is 0 Å². The molecule has 0 bridgehead atoms. The molecule has 1 aromatic carbocycles. The van der Waals surface area contributed by atoms with Gasteiger partial charge in [0, 0.05) is 38.4 Å². The Bertz CT molecular complexity index is 666. The lowest BCUT2D eigenvalue weighted by molar-refractivity contribution is 0.317. The van der Waals surface area contributed by atoms with Crippen molar-refractivity contribution in [2.24, 2.45) is 5.73 Å². The molecule has 22 heavy (non-hydrogen) atoms. The van der Waals surface area contributed by atoms with Crippen LogP contribution in [-0.2, 0) is 13.1 Å². The molecule has 4 nitrogen and oxygen atoms in total. The maximum atomic E-state index is 5.84. The van der Waals surface area contributed by atoms with Gasteiger partial charge in [0.1, 0.15) is 0 Å². The molecule has 1 aliphatic rings. The number of fused-ring (bicyclic) bond motifs is 1. The molecule has 1 aliphatic heterocycles. The molecule has 0 aliphatic carbocycles. The number of aromatic nitrogens is 1. The van der Waals surface area contributed by atoms with Crippen LogP contribution in [0.5, 0.6) is 0 Å². The first-order valence-electron chi connectivity index (χ1n) is 7.90. The number of aryl methyl sites for hydroxylation is 2. The molecular formula is C18H26N4. The van der Waals surface area contributed by atoms with E-state index in [0.29, 0.717) is 6.54 Å². The van der Waals surface area contributed by atoms with E-state index >= 15 is 0 Å². The molecule has 2 heterocycles. The Balaban J connectivity index is 2.20. The summed E-state index contributed by atoms with van der Waals surface area (Å²) in [7, 11) is 4.33. The Kier molecular flexibility index (Phi) is 3.98. The highest BCUT2D eigenvalue weighted by atomic mass is 15.3. The number of anilines is 1. The molecule has 1 aromatic heterocycles. The Morgan fingerprint density at radius 2 is 1.77 bits per heavy atom. The summed E-state index contributed by atoms with van der Waals surface area (Å²) in [6, 6.07) is 6.79. The Morgan fingerprint density at radius 3 is 2.41 bits per heavy atom. The number of hydrogen-bond donors (Lipinski definition) is 1. The van der Waals surface area contributed by atoms with E-state index in [1.54, 1.807) is 0 Å². The van der Waals surface area contributed by atoms with Crippen LogP contribution >= 0.6 is 0 Å². The highest BCUT2D eigenvalue weighted by molar-refractivity contribution is 5.74. The van der Waals surface area contributed by atoms with Crippen molar-refractivity contribution in [1.82, 2.24) is 9.47 Å². The van der Waals surface area contributed by atoms with Gasteiger partial charge in [-0.05, 0) is 38.6 Å². The monoisotopic (exact) mass is 298 g/mol. The topological polar surface area (TPSA) is 37.4 Å². The van der Waals surface area contributed by atoms with Gasteiger partial charge in [0.05, 0.1) is 18.1 Å². The predicted octanol–water partition coefficient (Wildman–Crippen LogP) is 2.57. The molecular weight excluding hydrogens is 272 g/mol. The summed E-state index contributed by atoms with van der Waals surface area (Å²) in [4.78, 5) is 4.67. The maximum absolute atomic E-state index is 5.84. The number of rotatable bonds is 3. The number of benzene rings is 1. The van der Waals surface area contributed by atoms with Crippen molar-refractivity contribution in [3.8, 4) is 11.3 Å². The van der Waals surface area contributed by atoms with E-state index < -0.39 is 0 Å². The SMILES string of the molecule is Cc1cc(C)cc(-c2c3c(cn2CCN)N(C)CN(C)C3)c1. The molecule has 0 radical (unpaired) electrons. The van der Waals surface area contributed by atoms with Crippen LogP contribution in [0.4, 0.5) is 5.69 Å². The first-order valence-corrected chi connectivity index (χ1v) is 7.90. The van der Waals surface area contributed by atoms with Crippen LogP contribution in [0.25, 0.3) is 11.3 Å². The van der Waals surface area contributed by atoms with Gasteiger partial charge in [-0.15, -0.1) is 0 Å². The standard InChI is InChI=1S/C18H26N4/c1-13-7-14(2)9-15(8-13)18-16-10-20(3)12-21(4)17(16)11-22(18)6-5-19/h7-9,11H,5-6,10,12,19H2,1-4H3. The van der Waals surface area contributed by atoms with E-state index in [9.17, 15) is 0 Å². The van der Waals surface area contributed by atoms with Gasteiger partial charge in [-0.1, -0.05) is 17.2 Å². The average Bonchev–Trinajstić information content (AvgIpc) is 2.76. The fraction of sp³-hybridized carbons (Fsp3) is 0.444. The highest BCUT2D eigenvalue weighted by Crippen LogP contribution is 2.37. The minimum Gasteiger partial charge on any atom is -0.360 e. The smallest absolute Gasteiger partial charge is 0.0704 e. The summed E-state index contributed by atoms with van der Waals surface area (Å²) in [6.07, 6.45) is 2.27. The average molecular weight is 298 g/mol. The van der Waals surface area contributed by atoms with E-state index in [-0.39, 0.29) is 0 Å². The van der Waals surface area contributed by atoms with Crippen LogP contribution in [0.15, 0.2) is 24.4 Å². The molecule has 118 valence electrons. The van der Waals surface area contributed by atoms with E-state index in [4.69, 9.17) is 5.73 Å². The molecule has 3 rings (SSSR count). The van der Waals surface area contributed by atoms with E-state index in [1.807, 2.05) is 0 Å². The third-order valence-electron chi connectivity index (χ3n) is 4.32. The first kappa shape index (κ1) is 15.1. The van der Waals surface area contributed by atoms with Crippen molar-refractivity contribution in [1.29, 1.82) is 0 Å². The fourth-order valence-corrected chi connectivity index (χ4v) is 3.59. The Morgan fingerprint density at radius 1 is 1.09 bits per heavy atom. The summed E-state index contributed by atoms with van der Waals surface area (Å²) < 4.78 is 2.33. The molecule has 0 amide bonds. The molecule has 2 aromatic rings. The van der Waals surface area contributed by atoms with Crippen LogP contribution in [0.3, 0.4) is 0 Å². The van der Waals surface area contributed by atoms with Crippen molar-refractivity contribution in [2.75, 3.05) is 32.2 Å². The molecule has 4 heteroatoms. The molecule has 0 spiro atoms. The normalized spacial score (nSPS) is 15.2. The minimum atomic E-state index is 0.658. The Labute approximate surface area is 133 Å². The number of nitrogens with two attached hydrogens (primary N) is 1. The zero-order chi connectivity index (χ0) is 15.9. The number of hydrogen-bond acceptors (Lipinski definition) is 3. The largest absolute Gasteiger partial charge is 0.360 e. The summed E-state index contributed by atoms with van der Waals surface area (Å²) in [6.45, 7) is 7.79. The predicted molar refractivity (Wildman–Crippen MR) is 93.1 cm³/mol. The molecule has 0 atom stereocenters. The van der Waals surface area contributed by atoms with E-state index in [2.05, 4.69) is 66.7 Å². The summed E-state index contributed by atoms with van der Waals surface area (Å²) in [5.41, 5.74) is 13.8. The second-order valence-corrected chi connectivity index (χ2v) is 6.55. The van der Waals surface area contributed by atoms with E-state index in [0.717, 1.165) is 19.8 Å². The third-order valence-corrected chi connectivity index (χ3v) is 4.32. The number of nitrogens with zero attached hydrogens (tertiary/aromatic N) is 3. The van der Waals surface area contributed by atoms with Crippen LogP contribution in [0.1, 0.15) is 16.7 Å². The summed E-state index contributed by atoms with van der Waals surface area (Å²) in [5.74, 6) is 0. The highest BCUT2D eigenvalue weighted by Gasteiger charge is 2.25. The van der Waals surface area contributed by atoms with Crippen molar-refractivity contribution in [2.45, 2.75) is 26.9 Å². The van der Waals surface area contributed by atoms with Crippen molar-refractivity contribution in [3.05, 3.63) is 41.1 Å². The van der Waals surface area contributed by atoms with Crippen molar-refractivity contribution >= 4 is 5.69 Å². The van der Waals surface area contributed by atoms with E-state index in [1.165, 1.54) is 33.6 Å². The molecule has 2 N–H and O–H groups in total. The lowest BCUT2D eigenvalue weighted by atomic mass is 10.0. The van der Waals surface area contributed by atoms with Crippen molar-refractivity contribution < 1.29 is 0 Å². The minimum absolute atomic E-state index is 0.658. The zero-order valence-electron chi connectivity index (χ0n) is 14.1. The van der Waals surface area contributed by atoms with Crippen LogP contribution in [0.2, 0.25) is 0 Å². The van der Waals surface area contributed by atoms with Gasteiger partial charge < -0.3 is 15.2 Å². The first-order chi connectivity index (χ1) is 10.5. The molecule has 0 saturated heterocycles. The molecule has 0 fully saturated rings. The quantitative estimate of drug-likeness (QED) is 0.946. The Hall–Kier alpha value is -1.78. The lowest BCUT2D eigenvalue weighted by Crippen LogP contribution is -2.37. The third kappa shape index (κ3) is 2.64. The van der Waals surface area contributed by atoms with Gasteiger partial charge in [-0.3, -0.25) is 4.90 Å². The second kappa shape index (κ2) is 5.78. The summed E-state index contributed by atoms with van der Waals surface area (Å²) in [5, 5.41) is 0. The van der Waals surface area contributed by atoms with Crippen LogP contribution < -0.4 is 10.6 Å².